The summed E-state index contributed by atoms with van der Waals surface area (Å²) in [6, 6.07) is 19.4. The van der Waals surface area contributed by atoms with E-state index in [0.717, 1.165) is 17.2 Å². The molecule has 0 aliphatic carbocycles. The van der Waals surface area contributed by atoms with Crippen molar-refractivity contribution in [3.8, 4) is 16.9 Å². The second kappa shape index (κ2) is 9.48. The molecule has 4 rings (SSSR count). The van der Waals surface area contributed by atoms with Crippen LogP contribution in [0.5, 0.6) is 5.75 Å². The predicted octanol–water partition coefficient (Wildman–Crippen LogP) is 5.67. The lowest BCUT2D eigenvalue weighted by Gasteiger charge is -2.42. The van der Waals surface area contributed by atoms with Gasteiger partial charge in [-0.05, 0) is 53.4 Å². The molecule has 1 aliphatic rings. The molecule has 178 valence electrons. The molecule has 0 amide bonds. The van der Waals surface area contributed by atoms with Crippen LogP contribution in [0.4, 0.5) is 13.2 Å². The SMILES string of the molecule is CC(OC1(c2ccc(OCc3cccc(-c4ccccc4C(F)(F)F)c3)cc2)COC1)C(=O)O. The van der Waals surface area contributed by atoms with E-state index in [4.69, 9.17) is 19.3 Å². The minimum atomic E-state index is -4.44. The van der Waals surface area contributed by atoms with Gasteiger partial charge in [0.1, 0.15) is 18.0 Å². The van der Waals surface area contributed by atoms with Gasteiger partial charge in [0.25, 0.3) is 0 Å². The van der Waals surface area contributed by atoms with Crippen LogP contribution in [-0.2, 0) is 32.7 Å². The average Bonchev–Trinajstić information content (AvgIpc) is 2.80. The molecule has 1 saturated heterocycles. The maximum absolute atomic E-state index is 13.4. The molecule has 1 aliphatic heterocycles. The summed E-state index contributed by atoms with van der Waals surface area (Å²) in [5, 5.41) is 9.14. The number of carboxylic acids is 1. The summed E-state index contributed by atoms with van der Waals surface area (Å²) in [5.41, 5.74) is 0.588. The lowest BCUT2D eigenvalue weighted by molar-refractivity contribution is -0.237. The van der Waals surface area contributed by atoms with E-state index in [1.165, 1.54) is 19.1 Å². The maximum Gasteiger partial charge on any atom is 0.417 e. The van der Waals surface area contributed by atoms with E-state index >= 15 is 0 Å². The number of halogens is 3. The number of hydrogen-bond acceptors (Lipinski definition) is 4. The second-order valence-corrected chi connectivity index (χ2v) is 8.14. The van der Waals surface area contributed by atoms with E-state index in [0.29, 0.717) is 11.3 Å². The van der Waals surface area contributed by atoms with Crippen LogP contribution in [0.25, 0.3) is 11.1 Å². The first-order valence-corrected chi connectivity index (χ1v) is 10.7. The lowest BCUT2D eigenvalue weighted by atomic mass is 9.91. The largest absolute Gasteiger partial charge is 0.489 e. The van der Waals surface area contributed by atoms with Crippen LogP contribution in [0.1, 0.15) is 23.6 Å². The summed E-state index contributed by atoms with van der Waals surface area (Å²) in [6.07, 6.45) is -5.42. The van der Waals surface area contributed by atoms with Gasteiger partial charge in [-0.1, -0.05) is 48.5 Å². The van der Waals surface area contributed by atoms with Gasteiger partial charge in [-0.25, -0.2) is 4.79 Å². The number of benzene rings is 3. The van der Waals surface area contributed by atoms with Gasteiger partial charge in [0.15, 0.2) is 6.10 Å². The molecule has 0 aromatic heterocycles. The first kappa shape index (κ1) is 23.8. The second-order valence-electron chi connectivity index (χ2n) is 8.14. The van der Waals surface area contributed by atoms with Crippen molar-refractivity contribution in [2.75, 3.05) is 13.2 Å². The molecule has 0 bridgehead atoms. The highest BCUT2D eigenvalue weighted by molar-refractivity contribution is 5.71. The normalized spacial score (nSPS) is 15.9. The molecular weight excluding hydrogens is 449 g/mol. The summed E-state index contributed by atoms with van der Waals surface area (Å²) in [7, 11) is 0. The molecule has 1 N–H and O–H groups in total. The fourth-order valence-corrected chi connectivity index (χ4v) is 3.81. The highest BCUT2D eigenvalue weighted by Crippen LogP contribution is 2.38. The van der Waals surface area contributed by atoms with E-state index in [-0.39, 0.29) is 25.4 Å². The van der Waals surface area contributed by atoms with Crippen molar-refractivity contribution in [1.82, 2.24) is 0 Å². The molecule has 0 spiro atoms. The molecule has 0 radical (unpaired) electrons. The van der Waals surface area contributed by atoms with Crippen LogP contribution in [0.15, 0.2) is 72.8 Å². The predicted molar refractivity (Wildman–Crippen MR) is 118 cm³/mol. The molecule has 1 unspecified atom stereocenters. The van der Waals surface area contributed by atoms with Crippen LogP contribution in [-0.4, -0.2) is 30.4 Å². The Morgan fingerprint density at radius 2 is 1.76 bits per heavy atom. The van der Waals surface area contributed by atoms with Crippen molar-refractivity contribution >= 4 is 5.97 Å². The minimum absolute atomic E-state index is 0.116. The first-order valence-electron chi connectivity index (χ1n) is 10.7. The van der Waals surface area contributed by atoms with Gasteiger partial charge in [0.05, 0.1) is 18.8 Å². The molecule has 5 nitrogen and oxygen atoms in total. The van der Waals surface area contributed by atoms with Crippen molar-refractivity contribution in [3.05, 3.63) is 89.5 Å². The Balaban J connectivity index is 1.46. The number of alkyl halides is 3. The van der Waals surface area contributed by atoms with Crippen LogP contribution in [0.2, 0.25) is 0 Å². The monoisotopic (exact) mass is 472 g/mol. The number of rotatable bonds is 8. The summed E-state index contributed by atoms with van der Waals surface area (Å²) < 4.78 is 57.0. The van der Waals surface area contributed by atoms with Gasteiger partial charge in [-0.15, -0.1) is 0 Å². The quantitative estimate of drug-likeness (QED) is 0.458. The molecular formula is C26H23F3O5. The Kier molecular flexibility index (Phi) is 6.63. The number of carboxylic acid groups (broad SMARTS) is 1. The smallest absolute Gasteiger partial charge is 0.417 e. The zero-order valence-electron chi connectivity index (χ0n) is 18.3. The first-order chi connectivity index (χ1) is 16.2. The Labute approximate surface area is 194 Å². The fraction of sp³-hybridized carbons (Fsp3) is 0.269. The highest BCUT2D eigenvalue weighted by Gasteiger charge is 2.44. The lowest BCUT2D eigenvalue weighted by Crippen LogP contribution is -2.51. The van der Waals surface area contributed by atoms with E-state index in [9.17, 15) is 18.0 Å². The zero-order valence-corrected chi connectivity index (χ0v) is 18.3. The fourth-order valence-electron chi connectivity index (χ4n) is 3.81. The van der Waals surface area contributed by atoms with Crippen molar-refractivity contribution in [2.45, 2.75) is 31.4 Å². The van der Waals surface area contributed by atoms with Crippen molar-refractivity contribution in [2.24, 2.45) is 0 Å². The standard InChI is InChI=1S/C26H23F3O5/c1-17(24(30)31)34-25(15-32-16-25)20-9-11-21(12-10-20)33-14-18-5-4-6-19(13-18)22-7-2-3-8-23(22)26(27,28)29/h2-13,17H,14-16H2,1H3,(H,30,31). The molecule has 1 heterocycles. The van der Waals surface area contributed by atoms with Gasteiger partial charge in [0.2, 0.25) is 0 Å². The van der Waals surface area contributed by atoms with Crippen LogP contribution in [0.3, 0.4) is 0 Å². The van der Waals surface area contributed by atoms with E-state index in [1.807, 2.05) is 0 Å². The topological polar surface area (TPSA) is 65.0 Å². The third-order valence-corrected chi connectivity index (χ3v) is 5.68. The van der Waals surface area contributed by atoms with Crippen LogP contribution >= 0.6 is 0 Å². The van der Waals surface area contributed by atoms with Gasteiger partial charge in [-0.2, -0.15) is 13.2 Å². The summed E-state index contributed by atoms with van der Waals surface area (Å²) in [5.74, 6) is -0.488. The number of carbonyl (C=O) groups is 1. The summed E-state index contributed by atoms with van der Waals surface area (Å²) in [6.45, 7) is 2.16. The number of hydrogen-bond donors (Lipinski definition) is 1. The zero-order chi connectivity index (χ0) is 24.3. The molecule has 34 heavy (non-hydrogen) atoms. The Bertz CT molecular complexity index is 1150. The highest BCUT2D eigenvalue weighted by atomic mass is 19.4. The van der Waals surface area contributed by atoms with Gasteiger partial charge < -0.3 is 19.3 Å². The Morgan fingerprint density at radius 3 is 2.38 bits per heavy atom. The molecule has 0 saturated carbocycles. The number of ether oxygens (including phenoxy) is 3. The van der Waals surface area contributed by atoms with Crippen LogP contribution < -0.4 is 4.74 Å². The van der Waals surface area contributed by atoms with Crippen molar-refractivity contribution < 1.29 is 37.3 Å². The van der Waals surface area contributed by atoms with Gasteiger partial charge in [0, 0.05) is 0 Å². The molecule has 1 fully saturated rings. The molecule has 3 aromatic carbocycles. The molecule has 3 aromatic rings. The Hall–Kier alpha value is -3.36. The van der Waals surface area contributed by atoms with E-state index in [1.54, 1.807) is 54.6 Å². The van der Waals surface area contributed by atoms with Crippen molar-refractivity contribution in [3.63, 3.8) is 0 Å². The average molecular weight is 472 g/mol. The van der Waals surface area contributed by atoms with Crippen molar-refractivity contribution in [1.29, 1.82) is 0 Å². The third-order valence-electron chi connectivity index (χ3n) is 5.68. The molecule has 8 heteroatoms. The van der Waals surface area contributed by atoms with Gasteiger partial charge in [-0.3, -0.25) is 0 Å². The minimum Gasteiger partial charge on any atom is -0.489 e. The Morgan fingerprint density at radius 1 is 1.06 bits per heavy atom. The van der Waals surface area contributed by atoms with Crippen LogP contribution in [0, 0.1) is 0 Å². The third kappa shape index (κ3) is 5.08. The molecule has 1 atom stereocenters. The summed E-state index contributed by atoms with van der Waals surface area (Å²) >= 11 is 0. The van der Waals surface area contributed by atoms with E-state index in [2.05, 4.69) is 0 Å². The number of aliphatic carboxylic acids is 1. The van der Waals surface area contributed by atoms with Gasteiger partial charge >= 0.3 is 12.1 Å². The summed E-state index contributed by atoms with van der Waals surface area (Å²) in [4.78, 5) is 11.2. The van der Waals surface area contributed by atoms with E-state index < -0.39 is 29.4 Å². The maximum atomic E-state index is 13.4.